The number of hydrogen-bond donors (Lipinski definition) is 0. The number of esters is 1. The molecule has 0 saturated heterocycles. The first-order chi connectivity index (χ1) is 5.69. The fraction of sp³-hybridized carbons (Fsp3) is 0.500. The highest BCUT2D eigenvalue weighted by Crippen LogP contribution is 2.18. The summed E-state index contributed by atoms with van der Waals surface area (Å²) in [5.74, 6) is -0.337. The van der Waals surface area contributed by atoms with Gasteiger partial charge in [0.15, 0.2) is 5.69 Å². The summed E-state index contributed by atoms with van der Waals surface area (Å²) in [6.45, 7) is 3.88. The number of ether oxygens (including phenoxy) is 1. The van der Waals surface area contributed by atoms with E-state index in [0.717, 1.165) is 16.3 Å². The van der Waals surface area contributed by atoms with Gasteiger partial charge in [-0.05, 0) is 13.3 Å². The van der Waals surface area contributed by atoms with Crippen molar-refractivity contribution in [3.8, 4) is 0 Å². The van der Waals surface area contributed by atoms with E-state index in [1.54, 1.807) is 11.3 Å². The second-order valence-electron chi connectivity index (χ2n) is 2.35. The molecule has 1 heterocycles. The molecule has 0 aliphatic carbocycles. The van der Waals surface area contributed by atoms with Crippen molar-refractivity contribution in [2.45, 2.75) is 20.3 Å². The molecule has 0 aliphatic rings. The molecule has 0 aliphatic heterocycles. The van der Waals surface area contributed by atoms with Crippen molar-refractivity contribution in [3.63, 3.8) is 0 Å². The lowest BCUT2D eigenvalue weighted by Crippen LogP contribution is -2.04. The molecule has 0 spiro atoms. The third kappa shape index (κ3) is 1.64. The van der Waals surface area contributed by atoms with Crippen molar-refractivity contribution >= 4 is 17.3 Å². The van der Waals surface area contributed by atoms with Crippen LogP contribution in [0.3, 0.4) is 0 Å². The molecule has 0 unspecified atom stereocenters. The molecule has 0 atom stereocenters. The smallest absolute Gasteiger partial charge is 0.357 e. The molecule has 0 bridgehead atoms. The molecule has 4 heteroatoms. The Bertz CT molecular complexity index is 293. The van der Waals surface area contributed by atoms with E-state index < -0.39 is 0 Å². The van der Waals surface area contributed by atoms with Crippen molar-refractivity contribution in [1.82, 2.24) is 4.98 Å². The highest BCUT2D eigenvalue weighted by atomic mass is 32.1. The maximum atomic E-state index is 11.1. The number of nitrogens with zero attached hydrogens (tertiary/aromatic N) is 1. The highest BCUT2D eigenvalue weighted by Gasteiger charge is 2.15. The van der Waals surface area contributed by atoms with Gasteiger partial charge in [0.05, 0.1) is 12.1 Å². The van der Waals surface area contributed by atoms with Crippen molar-refractivity contribution in [2.75, 3.05) is 7.11 Å². The molecule has 0 radical (unpaired) electrons. The maximum Gasteiger partial charge on any atom is 0.357 e. The van der Waals surface area contributed by atoms with Gasteiger partial charge in [-0.25, -0.2) is 9.78 Å². The van der Waals surface area contributed by atoms with Crippen LogP contribution in [0.2, 0.25) is 0 Å². The average molecular weight is 185 g/mol. The summed E-state index contributed by atoms with van der Waals surface area (Å²) < 4.78 is 4.60. The number of carbonyl (C=O) groups is 1. The van der Waals surface area contributed by atoms with Gasteiger partial charge < -0.3 is 4.74 Å². The van der Waals surface area contributed by atoms with E-state index in [9.17, 15) is 4.79 Å². The highest BCUT2D eigenvalue weighted by molar-refractivity contribution is 7.11. The van der Waals surface area contributed by atoms with E-state index in [1.807, 2.05) is 13.8 Å². The minimum absolute atomic E-state index is 0.337. The molecule has 12 heavy (non-hydrogen) atoms. The van der Waals surface area contributed by atoms with E-state index in [4.69, 9.17) is 0 Å². The fourth-order valence-corrected chi connectivity index (χ4v) is 1.83. The van der Waals surface area contributed by atoms with E-state index in [-0.39, 0.29) is 5.97 Å². The predicted molar refractivity (Wildman–Crippen MR) is 47.6 cm³/mol. The lowest BCUT2D eigenvalue weighted by Gasteiger charge is -1.95. The number of rotatable bonds is 2. The van der Waals surface area contributed by atoms with Crippen LogP contribution in [0.1, 0.15) is 27.3 Å². The summed E-state index contributed by atoms with van der Waals surface area (Å²) in [5.41, 5.74) is 0.475. The molecule has 3 nitrogen and oxygen atoms in total. The zero-order chi connectivity index (χ0) is 9.14. The second-order valence-corrected chi connectivity index (χ2v) is 3.64. The minimum Gasteiger partial charge on any atom is -0.464 e. The van der Waals surface area contributed by atoms with Gasteiger partial charge >= 0.3 is 5.97 Å². The number of aryl methyl sites for hydroxylation is 2. The van der Waals surface area contributed by atoms with Crippen LogP contribution in [0.4, 0.5) is 0 Å². The summed E-state index contributed by atoms with van der Waals surface area (Å²) in [5, 5.41) is 0.909. The Morgan fingerprint density at radius 2 is 2.33 bits per heavy atom. The van der Waals surface area contributed by atoms with E-state index >= 15 is 0 Å². The Labute approximate surface area is 75.4 Å². The molecule has 0 amide bonds. The summed E-state index contributed by atoms with van der Waals surface area (Å²) in [6, 6.07) is 0. The zero-order valence-electron chi connectivity index (χ0n) is 7.38. The van der Waals surface area contributed by atoms with Crippen molar-refractivity contribution in [2.24, 2.45) is 0 Å². The summed E-state index contributed by atoms with van der Waals surface area (Å²) in [6.07, 6.45) is 0.829. The first-order valence-electron chi connectivity index (χ1n) is 3.73. The fourth-order valence-electron chi connectivity index (χ4n) is 0.965. The Balaban J connectivity index is 3.04. The Morgan fingerprint density at radius 1 is 1.67 bits per heavy atom. The molecule has 0 fully saturated rings. The lowest BCUT2D eigenvalue weighted by molar-refractivity contribution is 0.0593. The number of aromatic nitrogens is 1. The molecule has 1 rings (SSSR count). The summed E-state index contributed by atoms with van der Waals surface area (Å²) in [4.78, 5) is 16.2. The van der Waals surface area contributed by atoms with Crippen LogP contribution in [-0.2, 0) is 11.2 Å². The molecular weight excluding hydrogens is 174 g/mol. The number of methoxy groups -OCH3 is 1. The number of hydrogen-bond acceptors (Lipinski definition) is 4. The third-order valence-corrected chi connectivity index (χ3v) is 2.62. The lowest BCUT2D eigenvalue weighted by atomic mass is 10.3. The van der Waals surface area contributed by atoms with Gasteiger partial charge in [-0.1, -0.05) is 6.92 Å². The quantitative estimate of drug-likeness (QED) is 0.659. The first-order valence-corrected chi connectivity index (χ1v) is 4.55. The molecule has 0 N–H and O–H groups in total. The molecular formula is C8H11NO2S. The minimum atomic E-state index is -0.337. The summed E-state index contributed by atoms with van der Waals surface area (Å²) in [7, 11) is 1.37. The molecule has 0 aromatic carbocycles. The first kappa shape index (κ1) is 9.19. The van der Waals surface area contributed by atoms with Gasteiger partial charge in [-0.2, -0.15) is 0 Å². The monoisotopic (exact) mass is 185 g/mol. The van der Waals surface area contributed by atoms with Gasteiger partial charge in [0, 0.05) is 4.88 Å². The van der Waals surface area contributed by atoms with Crippen LogP contribution >= 0.6 is 11.3 Å². The van der Waals surface area contributed by atoms with Crippen LogP contribution in [-0.4, -0.2) is 18.1 Å². The predicted octanol–water partition coefficient (Wildman–Crippen LogP) is 1.80. The molecule has 1 aromatic rings. The molecule has 66 valence electrons. The van der Waals surface area contributed by atoms with Crippen molar-refractivity contribution in [3.05, 3.63) is 15.6 Å². The number of carbonyl (C=O) groups excluding carboxylic acids is 1. The van der Waals surface area contributed by atoms with Crippen molar-refractivity contribution in [1.29, 1.82) is 0 Å². The van der Waals surface area contributed by atoms with Crippen LogP contribution in [0, 0.1) is 6.92 Å². The topological polar surface area (TPSA) is 39.2 Å². The third-order valence-electron chi connectivity index (χ3n) is 1.50. The normalized spacial score (nSPS) is 9.92. The Hall–Kier alpha value is -0.900. The van der Waals surface area contributed by atoms with Crippen molar-refractivity contribution < 1.29 is 9.53 Å². The van der Waals surface area contributed by atoms with Gasteiger partial charge in [0.2, 0.25) is 0 Å². The van der Waals surface area contributed by atoms with Gasteiger partial charge in [0.25, 0.3) is 0 Å². The second kappa shape index (κ2) is 3.67. The van der Waals surface area contributed by atoms with Crippen LogP contribution in [0.15, 0.2) is 0 Å². The van der Waals surface area contributed by atoms with Gasteiger partial charge in [-0.3, -0.25) is 0 Å². The average Bonchev–Trinajstić information content (AvgIpc) is 2.45. The van der Waals surface area contributed by atoms with Crippen LogP contribution in [0.25, 0.3) is 0 Å². The molecule has 0 saturated carbocycles. The molecule has 1 aromatic heterocycles. The van der Waals surface area contributed by atoms with Crippen LogP contribution in [0.5, 0.6) is 0 Å². The zero-order valence-corrected chi connectivity index (χ0v) is 8.20. The van der Waals surface area contributed by atoms with Gasteiger partial charge in [-0.15, -0.1) is 11.3 Å². The number of thiazole rings is 1. The van der Waals surface area contributed by atoms with Gasteiger partial charge in [0.1, 0.15) is 0 Å². The Kier molecular flexibility index (Phi) is 2.81. The largest absolute Gasteiger partial charge is 0.464 e. The van der Waals surface area contributed by atoms with E-state index in [1.165, 1.54) is 7.11 Å². The maximum absolute atomic E-state index is 11.1. The standard InChI is InChI=1S/C8H11NO2S/c1-4-6-7(8(10)11-3)9-5(2)12-6/h4H2,1-3H3. The van der Waals surface area contributed by atoms with E-state index in [0.29, 0.717) is 5.69 Å². The SMILES string of the molecule is CCc1sc(C)nc1C(=O)OC. The summed E-state index contributed by atoms with van der Waals surface area (Å²) >= 11 is 1.55. The Morgan fingerprint density at radius 3 is 2.83 bits per heavy atom. The van der Waals surface area contributed by atoms with E-state index in [2.05, 4.69) is 9.72 Å². The van der Waals surface area contributed by atoms with Crippen LogP contribution < -0.4 is 0 Å².